The van der Waals surface area contributed by atoms with Crippen molar-refractivity contribution in [3.05, 3.63) is 200 Å². The summed E-state index contributed by atoms with van der Waals surface area (Å²) in [6.45, 7) is 22.3. The second-order valence-corrected chi connectivity index (χ2v) is 17.6. The predicted molar refractivity (Wildman–Crippen MR) is 273 cm³/mol. The molecule has 326 valence electrons. The van der Waals surface area contributed by atoms with Crippen LogP contribution in [0.1, 0.15) is 91.5 Å². The van der Waals surface area contributed by atoms with Gasteiger partial charge in [-0.2, -0.15) is 72.3 Å². The third-order valence-corrected chi connectivity index (χ3v) is 11.1. The molecule has 0 nitrogen and oxygen atoms in total. The van der Waals surface area contributed by atoms with Crippen molar-refractivity contribution < 1.29 is 24.2 Å². The number of fused-ring (bicyclic) bond motifs is 3. The maximum absolute atomic E-state index is 5.52. The number of rotatable bonds is 5. The van der Waals surface area contributed by atoms with E-state index in [0.29, 0.717) is 11.3 Å². The van der Waals surface area contributed by atoms with Gasteiger partial charge >= 0.3 is 28.4 Å². The summed E-state index contributed by atoms with van der Waals surface area (Å²) in [4.78, 5) is 0. The molecule has 62 heavy (non-hydrogen) atoms. The van der Waals surface area contributed by atoms with Crippen LogP contribution in [0.5, 0.6) is 0 Å². The Bertz CT molecular complexity index is 2200. The van der Waals surface area contributed by atoms with Gasteiger partial charge in [-0.3, -0.25) is 6.08 Å². The van der Waals surface area contributed by atoms with Crippen LogP contribution in [0.15, 0.2) is 121 Å². The summed E-state index contributed by atoms with van der Waals surface area (Å²) in [7, 11) is 0. The summed E-state index contributed by atoms with van der Waals surface area (Å²) in [5.41, 5.74) is 20.5. The first kappa shape index (κ1) is 54.8. The molecule has 0 spiro atoms. The van der Waals surface area contributed by atoms with Crippen molar-refractivity contribution in [3.8, 4) is 33.4 Å². The van der Waals surface area contributed by atoms with Crippen molar-refractivity contribution in [2.45, 2.75) is 94.9 Å². The second-order valence-electron chi connectivity index (χ2n) is 16.7. The first-order chi connectivity index (χ1) is 28.6. The van der Waals surface area contributed by atoms with Crippen LogP contribution in [0.3, 0.4) is 0 Å². The van der Waals surface area contributed by atoms with Crippen molar-refractivity contribution in [2.75, 3.05) is 0 Å². The molecule has 1 unspecified atom stereocenters. The molecule has 2 aliphatic carbocycles. The molecule has 0 heterocycles. The summed E-state index contributed by atoms with van der Waals surface area (Å²) in [6.07, 6.45) is 12.8. The summed E-state index contributed by atoms with van der Waals surface area (Å²) in [5.74, 6) is 0.592. The van der Waals surface area contributed by atoms with Crippen molar-refractivity contribution in [1.82, 2.24) is 0 Å². The monoisotopic (exact) mass is 976 g/mol. The molecule has 0 radical (unpaired) electrons. The summed E-state index contributed by atoms with van der Waals surface area (Å²) in [6, 6.07) is 44.4. The minimum absolute atomic E-state index is 0. The van der Waals surface area contributed by atoms with E-state index in [9.17, 15) is 0 Å². The number of aryl methyl sites for hydroxylation is 6. The van der Waals surface area contributed by atoms with Gasteiger partial charge in [0.2, 0.25) is 0 Å². The van der Waals surface area contributed by atoms with Crippen LogP contribution in [0, 0.1) is 77.2 Å². The van der Waals surface area contributed by atoms with E-state index in [0.717, 1.165) is 16.5 Å². The molecule has 0 fully saturated rings. The molecule has 2 aliphatic rings. The number of unbranched alkanes of at least 4 members (excludes halogenated alkanes) is 1. The number of benzene rings is 6. The van der Waals surface area contributed by atoms with Gasteiger partial charge in [0.15, 0.2) is 0 Å². The van der Waals surface area contributed by atoms with Crippen molar-refractivity contribution >= 4 is 52.2 Å². The first-order valence-electron chi connectivity index (χ1n) is 20.9. The van der Waals surface area contributed by atoms with Crippen LogP contribution in [0.25, 0.3) is 33.4 Å². The third-order valence-electron chi connectivity index (χ3n) is 10.6. The Morgan fingerprint density at radius 1 is 0.661 bits per heavy atom. The third kappa shape index (κ3) is 15.8. The van der Waals surface area contributed by atoms with Crippen LogP contribution in [0.4, 0.5) is 0 Å². The Morgan fingerprint density at radius 2 is 1.15 bits per heavy atom. The van der Waals surface area contributed by atoms with Crippen LogP contribution in [-0.2, 0) is 30.7 Å². The molecule has 0 amide bonds. The average molecular weight is 980 g/mol. The minimum atomic E-state index is 0. The normalized spacial score (nSPS) is 12.7. The van der Waals surface area contributed by atoms with Crippen LogP contribution < -0.4 is 0 Å². The molecular weight excluding hydrogens is 918 g/mol. The summed E-state index contributed by atoms with van der Waals surface area (Å²) < 4.78 is 3.34. The van der Waals surface area contributed by atoms with Gasteiger partial charge in [0.1, 0.15) is 0 Å². The standard InChI is InChI=1S/C31H29.C13H21.2C6H4Cl.CH2.2ClH.Zr/c1-18-11-20(3)30(21(4)12-18)24-7-9-28-26(15-24)17-27-16-25(8-10-29(27)28)31-22(5)13-19(2)14-23(31)6;1-5-6-7-11-8-9-12(10-11)13(2,3)4;2*7-6-4-2-1-3-5-6;;;;/h7-15H,17H2,1-6H3;9-11H,5-7H2,1-4H3;2*2-5H;1H2;2*1H;/q4*-1;;;;. The molecule has 0 saturated heterocycles. The van der Waals surface area contributed by atoms with Crippen LogP contribution in [0.2, 0.25) is 10.0 Å². The van der Waals surface area contributed by atoms with Gasteiger partial charge in [-0.1, -0.05) is 150 Å². The molecule has 0 N–H and O–H groups in total. The molecule has 6 aromatic carbocycles. The Labute approximate surface area is 412 Å². The zero-order chi connectivity index (χ0) is 44.0. The van der Waals surface area contributed by atoms with Gasteiger partial charge in [-0.25, -0.2) is 6.08 Å². The van der Waals surface area contributed by atoms with Crippen molar-refractivity contribution in [3.63, 3.8) is 0 Å². The van der Waals surface area contributed by atoms with E-state index in [2.05, 4.69) is 164 Å². The van der Waals surface area contributed by atoms with E-state index in [1.165, 1.54) is 127 Å². The predicted octanol–water partition coefficient (Wildman–Crippen LogP) is 17.5. The Morgan fingerprint density at radius 3 is 1.58 bits per heavy atom. The Kier molecular flexibility index (Phi) is 23.4. The number of hydrogen-bond donors (Lipinski definition) is 0. The molecule has 6 aromatic rings. The van der Waals surface area contributed by atoms with Gasteiger partial charge in [-0.05, 0) is 75.8 Å². The molecule has 0 bridgehead atoms. The van der Waals surface area contributed by atoms with Crippen LogP contribution in [-0.4, -0.2) is 4.21 Å². The van der Waals surface area contributed by atoms with E-state index in [4.69, 9.17) is 23.2 Å². The molecule has 1 atom stereocenters. The van der Waals surface area contributed by atoms with E-state index < -0.39 is 0 Å². The Balaban J connectivity index is 0.000000350. The van der Waals surface area contributed by atoms with E-state index >= 15 is 0 Å². The van der Waals surface area contributed by atoms with Gasteiger partial charge < -0.3 is 0 Å². The maximum atomic E-state index is 5.52. The molecule has 0 saturated carbocycles. The fourth-order valence-electron chi connectivity index (χ4n) is 7.97. The molecular formula is C57H62Cl4Zr-4. The second kappa shape index (κ2) is 26.5. The first-order valence-corrected chi connectivity index (χ1v) is 23.4. The number of hydrogen-bond acceptors (Lipinski definition) is 0. The molecule has 0 aromatic heterocycles. The molecule has 8 rings (SSSR count). The van der Waals surface area contributed by atoms with Crippen molar-refractivity contribution in [1.29, 1.82) is 0 Å². The van der Waals surface area contributed by atoms with Gasteiger partial charge in [0.05, 0.1) is 0 Å². The van der Waals surface area contributed by atoms with Gasteiger partial charge in [0, 0.05) is 0 Å². The number of allylic oxidation sites excluding steroid dienone is 4. The topological polar surface area (TPSA) is 0 Å². The fourth-order valence-corrected chi connectivity index (χ4v) is 8.22. The molecule has 0 aliphatic heterocycles. The summed E-state index contributed by atoms with van der Waals surface area (Å²) in [5, 5.41) is 1.53. The summed E-state index contributed by atoms with van der Waals surface area (Å²) >= 11 is 12.3. The quantitative estimate of drug-likeness (QED) is 0.151. The van der Waals surface area contributed by atoms with E-state index in [1.54, 1.807) is 48.5 Å². The fraction of sp³-hybridized carbons (Fsp3) is 0.281. The zero-order valence-electron chi connectivity index (χ0n) is 38.2. The Hall–Kier alpha value is -3.29. The van der Waals surface area contributed by atoms with Gasteiger partial charge in [0.25, 0.3) is 0 Å². The van der Waals surface area contributed by atoms with E-state index in [1.807, 2.05) is 0 Å². The number of halogens is 4. The van der Waals surface area contributed by atoms with E-state index in [-0.39, 0.29) is 24.8 Å². The van der Waals surface area contributed by atoms with Gasteiger partial charge in [-0.15, -0.1) is 77.3 Å². The molecule has 5 heteroatoms. The van der Waals surface area contributed by atoms with Crippen LogP contribution >= 0.6 is 48.0 Å². The average Bonchev–Trinajstić information content (AvgIpc) is 3.83. The zero-order valence-corrected chi connectivity index (χ0v) is 43.8. The SMILES string of the molecule is CCCCC1[C-]=CC(C(C)(C)C)=C1.Cc1cc(C)c(-c2[c-]c3c(cc2)-c2ccc(-c4c(C)cc(C)cc4C)cc2C3)c(C)c1.Cl.Cl.Clc1cc[c-]cc1.Clc1cc[c-]cc1.[CH2]=[Zr]. The van der Waals surface area contributed by atoms with Crippen molar-refractivity contribution in [2.24, 2.45) is 11.3 Å².